The number of aliphatic hydroxyl groups is 1. The Balaban J connectivity index is 1.56. The number of rotatable bonds is 5. The van der Waals surface area contributed by atoms with Crippen LogP contribution in [0.1, 0.15) is 23.6 Å². The molecule has 0 aromatic heterocycles. The van der Waals surface area contributed by atoms with E-state index in [2.05, 4.69) is 0 Å². The second kappa shape index (κ2) is 8.13. The number of hydrogen-bond donors (Lipinski definition) is 1. The molecule has 1 N–H and O–H groups in total. The van der Waals surface area contributed by atoms with Gasteiger partial charge in [-0.2, -0.15) is 0 Å². The summed E-state index contributed by atoms with van der Waals surface area (Å²) in [7, 11) is 0. The van der Waals surface area contributed by atoms with E-state index in [0.29, 0.717) is 11.1 Å². The maximum Gasteiger partial charge on any atom is 0.348 e. The summed E-state index contributed by atoms with van der Waals surface area (Å²) in [6.45, 7) is 1.52. The number of carbonyl (C=O) groups excluding carboxylic acids is 2. The summed E-state index contributed by atoms with van der Waals surface area (Å²) in [5.74, 6) is -1.20. The number of fused-ring (bicyclic) bond motifs is 1. The molecule has 1 heterocycles. The number of hydrogen-bond acceptors (Lipinski definition) is 4. The van der Waals surface area contributed by atoms with E-state index < -0.39 is 18.2 Å². The topological polar surface area (TPSA) is 66.8 Å². The minimum Gasteiger partial charge on any atom is -0.453 e. The normalized spacial score (nSPS) is 15.5. The Bertz CT molecular complexity index is 1010. The average Bonchev–Trinajstić information content (AvgIpc) is 3.13. The highest BCUT2D eigenvalue weighted by Crippen LogP contribution is 2.33. The van der Waals surface area contributed by atoms with Gasteiger partial charge in [0, 0.05) is 11.7 Å². The first-order chi connectivity index (χ1) is 14.5. The molecule has 0 fully saturated rings. The smallest absolute Gasteiger partial charge is 0.348 e. The second-order valence-electron chi connectivity index (χ2n) is 7.46. The zero-order chi connectivity index (χ0) is 21.1. The van der Waals surface area contributed by atoms with Gasteiger partial charge in [-0.3, -0.25) is 4.79 Å². The number of ether oxygens (including phenoxy) is 1. The molecule has 0 unspecified atom stereocenters. The van der Waals surface area contributed by atoms with E-state index in [1.54, 1.807) is 65.6 Å². The fourth-order valence-electron chi connectivity index (χ4n) is 4.01. The Morgan fingerprint density at radius 2 is 1.47 bits per heavy atom. The van der Waals surface area contributed by atoms with Crippen LogP contribution in [0.2, 0.25) is 0 Å². The maximum atomic E-state index is 13.1. The van der Waals surface area contributed by atoms with Crippen LogP contribution in [0.15, 0.2) is 84.9 Å². The molecule has 30 heavy (non-hydrogen) atoms. The van der Waals surface area contributed by atoms with Crippen molar-refractivity contribution in [3.05, 3.63) is 102 Å². The minimum absolute atomic E-state index is 0.0178. The predicted molar refractivity (Wildman–Crippen MR) is 114 cm³/mol. The summed E-state index contributed by atoms with van der Waals surface area (Å²) in [5, 5.41) is 11.4. The van der Waals surface area contributed by atoms with Crippen molar-refractivity contribution in [1.82, 2.24) is 0 Å². The van der Waals surface area contributed by atoms with Gasteiger partial charge >= 0.3 is 5.97 Å². The van der Waals surface area contributed by atoms with Crippen LogP contribution in [0, 0.1) is 0 Å². The third kappa shape index (κ3) is 3.48. The number of nitrogens with zero attached hydrogens (tertiary/aromatic N) is 1. The molecule has 1 atom stereocenters. The second-order valence-corrected chi connectivity index (χ2v) is 7.46. The van der Waals surface area contributed by atoms with Crippen molar-refractivity contribution in [2.24, 2.45) is 0 Å². The first kappa shape index (κ1) is 19.9. The summed E-state index contributed by atoms with van der Waals surface area (Å²) >= 11 is 0. The largest absolute Gasteiger partial charge is 0.453 e. The van der Waals surface area contributed by atoms with E-state index in [1.165, 1.54) is 0 Å². The molecule has 0 bridgehead atoms. The highest BCUT2D eigenvalue weighted by molar-refractivity contribution is 5.98. The monoisotopic (exact) mass is 401 g/mol. The zero-order valence-corrected chi connectivity index (χ0v) is 16.7. The molecule has 0 aliphatic carbocycles. The highest BCUT2D eigenvalue weighted by atomic mass is 16.6. The van der Waals surface area contributed by atoms with E-state index in [1.807, 2.05) is 31.2 Å². The summed E-state index contributed by atoms with van der Waals surface area (Å²) in [4.78, 5) is 27.6. The van der Waals surface area contributed by atoms with E-state index in [9.17, 15) is 14.7 Å². The molecule has 0 saturated carbocycles. The van der Waals surface area contributed by atoms with E-state index in [0.717, 1.165) is 17.7 Å². The lowest BCUT2D eigenvalue weighted by molar-refractivity contribution is -0.164. The van der Waals surface area contributed by atoms with Crippen molar-refractivity contribution in [3.8, 4) is 0 Å². The van der Waals surface area contributed by atoms with Crippen LogP contribution in [-0.4, -0.2) is 29.6 Å². The molecule has 1 aliphatic rings. The van der Waals surface area contributed by atoms with Crippen molar-refractivity contribution in [3.63, 3.8) is 0 Å². The lowest BCUT2D eigenvalue weighted by Gasteiger charge is -2.28. The third-order valence-electron chi connectivity index (χ3n) is 5.48. The van der Waals surface area contributed by atoms with Crippen LogP contribution in [-0.2, 0) is 26.3 Å². The van der Waals surface area contributed by atoms with Crippen molar-refractivity contribution in [1.29, 1.82) is 0 Å². The van der Waals surface area contributed by atoms with Gasteiger partial charge < -0.3 is 14.7 Å². The summed E-state index contributed by atoms with van der Waals surface area (Å²) in [5.41, 5.74) is 0.696. The third-order valence-corrected chi connectivity index (χ3v) is 5.48. The maximum absolute atomic E-state index is 13.1. The first-order valence-electron chi connectivity index (χ1n) is 9.92. The summed E-state index contributed by atoms with van der Waals surface area (Å²) < 4.78 is 5.37. The Morgan fingerprint density at radius 1 is 0.933 bits per heavy atom. The van der Waals surface area contributed by atoms with E-state index >= 15 is 0 Å². The zero-order valence-electron chi connectivity index (χ0n) is 16.7. The Hall–Kier alpha value is -3.44. The van der Waals surface area contributed by atoms with Gasteiger partial charge in [-0.1, -0.05) is 78.9 Å². The Kier molecular flexibility index (Phi) is 5.38. The summed E-state index contributed by atoms with van der Waals surface area (Å²) in [6.07, 6.45) is 0.758. The minimum atomic E-state index is -2.00. The molecule has 3 aromatic carbocycles. The number of para-hydroxylation sites is 1. The van der Waals surface area contributed by atoms with Gasteiger partial charge in [0.05, 0.1) is 0 Å². The number of anilines is 1. The van der Waals surface area contributed by atoms with Gasteiger partial charge in [-0.05, 0) is 36.1 Å². The molecule has 0 spiro atoms. The van der Waals surface area contributed by atoms with Crippen LogP contribution in [0.3, 0.4) is 0 Å². The van der Waals surface area contributed by atoms with Gasteiger partial charge in [0.2, 0.25) is 5.60 Å². The van der Waals surface area contributed by atoms with Gasteiger partial charge in [0.1, 0.15) is 0 Å². The SMILES string of the molecule is C[C@H]1Cc2ccccc2N1C(=O)COC(=O)C(O)(c1ccccc1)c1ccccc1. The van der Waals surface area contributed by atoms with Crippen molar-refractivity contribution in [2.45, 2.75) is 25.0 Å². The molecule has 0 saturated heterocycles. The van der Waals surface area contributed by atoms with Crippen LogP contribution in [0.4, 0.5) is 5.69 Å². The number of esters is 1. The lowest BCUT2D eigenvalue weighted by Crippen LogP contribution is -2.43. The fourth-order valence-corrected chi connectivity index (χ4v) is 4.01. The molecule has 5 heteroatoms. The van der Waals surface area contributed by atoms with Gasteiger partial charge in [-0.15, -0.1) is 0 Å². The molecule has 4 rings (SSSR count). The molecule has 152 valence electrons. The lowest BCUT2D eigenvalue weighted by atomic mass is 9.86. The number of amides is 1. The predicted octanol–water partition coefficient (Wildman–Crippen LogP) is 3.44. The molecular formula is C25H23NO4. The molecule has 0 radical (unpaired) electrons. The molecular weight excluding hydrogens is 378 g/mol. The number of carbonyl (C=O) groups is 2. The average molecular weight is 401 g/mol. The van der Waals surface area contributed by atoms with Crippen LogP contribution in [0.5, 0.6) is 0 Å². The molecule has 1 aliphatic heterocycles. The Labute approximate surface area is 175 Å². The molecule has 5 nitrogen and oxygen atoms in total. The van der Waals surface area contributed by atoms with Crippen LogP contribution >= 0.6 is 0 Å². The highest BCUT2D eigenvalue weighted by Gasteiger charge is 2.42. The van der Waals surface area contributed by atoms with Gasteiger partial charge in [0.25, 0.3) is 5.91 Å². The first-order valence-corrected chi connectivity index (χ1v) is 9.92. The van der Waals surface area contributed by atoms with E-state index in [-0.39, 0.29) is 11.9 Å². The van der Waals surface area contributed by atoms with Crippen LogP contribution < -0.4 is 4.90 Å². The number of benzene rings is 3. The van der Waals surface area contributed by atoms with Crippen molar-refractivity contribution >= 4 is 17.6 Å². The van der Waals surface area contributed by atoms with Gasteiger partial charge in [0.15, 0.2) is 6.61 Å². The summed E-state index contributed by atoms with van der Waals surface area (Å²) in [6, 6.07) is 24.9. The Morgan fingerprint density at radius 3 is 2.07 bits per heavy atom. The molecule has 3 aromatic rings. The van der Waals surface area contributed by atoms with Gasteiger partial charge in [-0.25, -0.2) is 4.79 Å². The molecule has 1 amide bonds. The van der Waals surface area contributed by atoms with Crippen molar-refractivity contribution < 1.29 is 19.4 Å². The standard InChI is InChI=1S/C25H23NO4/c1-18-16-19-10-8-9-15-22(19)26(18)23(27)17-30-24(28)25(29,20-11-4-2-5-12-20)21-13-6-3-7-14-21/h2-15,18,29H,16-17H2,1H3/t18-/m0/s1. The van der Waals surface area contributed by atoms with Crippen LogP contribution in [0.25, 0.3) is 0 Å². The van der Waals surface area contributed by atoms with E-state index in [4.69, 9.17) is 4.74 Å². The fraction of sp³-hybridized carbons (Fsp3) is 0.200. The quantitative estimate of drug-likeness (QED) is 0.665. The van der Waals surface area contributed by atoms with Crippen molar-refractivity contribution in [2.75, 3.05) is 11.5 Å².